The molecule has 0 spiro atoms. The number of nitrogens with zero attached hydrogens (tertiary/aromatic N) is 3. The fourth-order valence-corrected chi connectivity index (χ4v) is 2.81. The van der Waals surface area contributed by atoms with Gasteiger partial charge in [0.25, 0.3) is 5.69 Å². The number of ether oxygens (including phenoxy) is 3. The molecule has 0 bridgehead atoms. The highest BCUT2D eigenvalue weighted by Crippen LogP contribution is 2.34. The molecule has 0 aliphatic rings. The molecule has 0 saturated heterocycles. The molecule has 3 aromatic rings. The molecule has 0 saturated carbocycles. The fourth-order valence-electron chi connectivity index (χ4n) is 2.81. The molecule has 144 valence electrons. The molecular formula is C19H17N3O6. The first-order valence-electron chi connectivity index (χ1n) is 8.17. The molecule has 1 aromatic carbocycles. The van der Waals surface area contributed by atoms with Gasteiger partial charge in [0.15, 0.2) is 11.4 Å². The molecule has 3 rings (SSSR count). The van der Waals surface area contributed by atoms with Gasteiger partial charge in [-0.2, -0.15) is 0 Å². The van der Waals surface area contributed by atoms with Crippen LogP contribution in [0.15, 0.2) is 30.3 Å². The van der Waals surface area contributed by atoms with Gasteiger partial charge in [-0.1, -0.05) is 6.07 Å². The first kappa shape index (κ1) is 19.0. The highest BCUT2D eigenvalue weighted by atomic mass is 16.6. The van der Waals surface area contributed by atoms with Crippen molar-refractivity contribution in [3.05, 3.63) is 51.7 Å². The third-order valence-electron chi connectivity index (χ3n) is 4.20. The van der Waals surface area contributed by atoms with Gasteiger partial charge < -0.3 is 14.2 Å². The number of aromatic nitrogens is 2. The molecule has 0 fully saturated rings. The number of aryl methyl sites for hydroxylation is 1. The van der Waals surface area contributed by atoms with Crippen LogP contribution in [0.1, 0.15) is 16.1 Å². The minimum absolute atomic E-state index is 0.00769. The summed E-state index contributed by atoms with van der Waals surface area (Å²) in [5.74, 6) is 0.349. The summed E-state index contributed by atoms with van der Waals surface area (Å²) in [6, 6.07) is 8.03. The number of hydrogen-bond donors (Lipinski definition) is 0. The Hall–Kier alpha value is -3.75. The average molecular weight is 383 g/mol. The predicted molar refractivity (Wildman–Crippen MR) is 101 cm³/mol. The van der Waals surface area contributed by atoms with Crippen LogP contribution in [0.25, 0.3) is 22.3 Å². The monoisotopic (exact) mass is 383 g/mol. The highest BCUT2D eigenvalue weighted by Gasteiger charge is 2.24. The van der Waals surface area contributed by atoms with Gasteiger partial charge in [0.2, 0.25) is 0 Å². The lowest BCUT2D eigenvalue weighted by molar-refractivity contribution is -0.384. The third-order valence-corrected chi connectivity index (χ3v) is 4.20. The Kier molecular flexibility index (Phi) is 5.08. The average Bonchev–Trinajstić information content (AvgIpc) is 2.71. The summed E-state index contributed by atoms with van der Waals surface area (Å²) in [5, 5.41) is 12.3. The summed E-state index contributed by atoms with van der Waals surface area (Å²) in [5.41, 5.74) is 0.752. The van der Waals surface area contributed by atoms with Crippen molar-refractivity contribution in [1.29, 1.82) is 0 Å². The van der Waals surface area contributed by atoms with Crippen LogP contribution in [0.5, 0.6) is 11.5 Å². The lowest BCUT2D eigenvalue weighted by Crippen LogP contribution is -2.09. The van der Waals surface area contributed by atoms with E-state index in [1.165, 1.54) is 27.4 Å². The van der Waals surface area contributed by atoms with E-state index in [9.17, 15) is 14.9 Å². The van der Waals surface area contributed by atoms with Crippen molar-refractivity contribution in [2.24, 2.45) is 0 Å². The Labute approximate surface area is 160 Å². The van der Waals surface area contributed by atoms with E-state index >= 15 is 0 Å². The summed E-state index contributed by atoms with van der Waals surface area (Å²) >= 11 is 0. The van der Waals surface area contributed by atoms with Crippen molar-refractivity contribution in [2.75, 3.05) is 21.3 Å². The van der Waals surface area contributed by atoms with Crippen molar-refractivity contribution in [3.63, 3.8) is 0 Å². The minimum atomic E-state index is -0.684. The van der Waals surface area contributed by atoms with E-state index in [1.54, 1.807) is 31.2 Å². The van der Waals surface area contributed by atoms with Crippen LogP contribution in [0.4, 0.5) is 5.69 Å². The zero-order valence-corrected chi connectivity index (χ0v) is 15.7. The van der Waals surface area contributed by atoms with Crippen LogP contribution in [0.3, 0.4) is 0 Å². The molecule has 9 heteroatoms. The molecule has 2 heterocycles. The van der Waals surface area contributed by atoms with Crippen molar-refractivity contribution in [2.45, 2.75) is 6.92 Å². The van der Waals surface area contributed by atoms with Gasteiger partial charge in [-0.3, -0.25) is 10.1 Å². The van der Waals surface area contributed by atoms with Gasteiger partial charge >= 0.3 is 5.97 Å². The van der Waals surface area contributed by atoms with Gasteiger partial charge in [-0.05, 0) is 24.6 Å². The van der Waals surface area contributed by atoms with E-state index in [1.807, 2.05) is 0 Å². The molecule has 0 radical (unpaired) electrons. The third kappa shape index (κ3) is 3.29. The zero-order valence-electron chi connectivity index (χ0n) is 15.7. The molecule has 9 nitrogen and oxygen atoms in total. The van der Waals surface area contributed by atoms with Crippen LogP contribution in [-0.2, 0) is 4.74 Å². The summed E-state index contributed by atoms with van der Waals surface area (Å²) in [4.78, 5) is 31.6. The first-order chi connectivity index (χ1) is 13.4. The Morgan fingerprint density at radius 2 is 1.82 bits per heavy atom. The molecule has 0 amide bonds. The fraction of sp³-hybridized carbons (Fsp3) is 0.211. The lowest BCUT2D eigenvalue weighted by Gasteiger charge is -2.11. The largest absolute Gasteiger partial charge is 0.497 e. The number of hydrogen-bond acceptors (Lipinski definition) is 8. The number of pyridine rings is 2. The maximum Gasteiger partial charge on any atom is 0.356 e. The Morgan fingerprint density at radius 1 is 1.07 bits per heavy atom. The van der Waals surface area contributed by atoms with E-state index in [2.05, 4.69) is 9.97 Å². The molecular weight excluding hydrogens is 366 g/mol. The quantitative estimate of drug-likeness (QED) is 0.374. The lowest BCUT2D eigenvalue weighted by atomic mass is 10.1. The topological polar surface area (TPSA) is 114 Å². The van der Waals surface area contributed by atoms with Gasteiger partial charge in [0, 0.05) is 17.5 Å². The maximum atomic E-state index is 12.0. The van der Waals surface area contributed by atoms with Crippen LogP contribution in [0, 0.1) is 17.0 Å². The number of carbonyl (C=O) groups is 1. The van der Waals surface area contributed by atoms with E-state index in [0.717, 1.165) is 5.39 Å². The van der Waals surface area contributed by atoms with Crippen LogP contribution >= 0.6 is 0 Å². The van der Waals surface area contributed by atoms with Gasteiger partial charge in [0.1, 0.15) is 17.0 Å². The smallest absolute Gasteiger partial charge is 0.356 e. The van der Waals surface area contributed by atoms with Crippen molar-refractivity contribution in [1.82, 2.24) is 9.97 Å². The summed E-state index contributed by atoms with van der Waals surface area (Å²) < 4.78 is 15.3. The highest BCUT2D eigenvalue weighted by molar-refractivity contribution is 5.92. The second-order valence-electron chi connectivity index (χ2n) is 5.87. The molecule has 0 unspecified atom stereocenters. The number of fused-ring (bicyclic) bond motifs is 1. The maximum absolute atomic E-state index is 12.0. The van der Waals surface area contributed by atoms with Crippen LogP contribution < -0.4 is 9.47 Å². The molecule has 0 atom stereocenters. The summed E-state index contributed by atoms with van der Waals surface area (Å²) in [6.07, 6.45) is 0. The van der Waals surface area contributed by atoms with E-state index < -0.39 is 10.9 Å². The SMILES string of the molecule is COC(=O)c1nc(-c2ccc3cc(OC)cc(OC)c3n2)c([N+](=O)[O-])cc1C. The molecule has 2 aromatic heterocycles. The number of esters is 1. The van der Waals surface area contributed by atoms with Crippen molar-refractivity contribution in [3.8, 4) is 22.9 Å². The van der Waals surface area contributed by atoms with Gasteiger partial charge in [-0.25, -0.2) is 14.8 Å². The standard InChI is InChI=1S/C19H17N3O6/c1-10-7-14(22(24)25)18(21-16(10)19(23)28-4)13-6-5-11-8-12(26-2)9-15(27-3)17(11)20-13/h5-9H,1-4H3. The molecule has 0 N–H and O–H groups in total. The van der Waals surface area contributed by atoms with E-state index in [-0.39, 0.29) is 22.8 Å². The molecule has 28 heavy (non-hydrogen) atoms. The van der Waals surface area contributed by atoms with Crippen molar-refractivity contribution < 1.29 is 23.9 Å². The van der Waals surface area contributed by atoms with Crippen LogP contribution in [0.2, 0.25) is 0 Å². The number of nitro groups is 1. The molecule has 0 aliphatic carbocycles. The number of methoxy groups -OCH3 is 3. The minimum Gasteiger partial charge on any atom is -0.497 e. The van der Waals surface area contributed by atoms with Crippen LogP contribution in [-0.4, -0.2) is 42.2 Å². The van der Waals surface area contributed by atoms with Gasteiger partial charge in [-0.15, -0.1) is 0 Å². The Balaban J connectivity index is 2.28. The second-order valence-corrected chi connectivity index (χ2v) is 5.87. The first-order valence-corrected chi connectivity index (χ1v) is 8.17. The normalized spacial score (nSPS) is 10.6. The van der Waals surface area contributed by atoms with E-state index in [4.69, 9.17) is 14.2 Å². The summed E-state index contributed by atoms with van der Waals surface area (Å²) in [6.45, 7) is 1.55. The Morgan fingerprint density at radius 3 is 2.43 bits per heavy atom. The number of rotatable bonds is 5. The molecule has 0 aliphatic heterocycles. The van der Waals surface area contributed by atoms with Gasteiger partial charge in [0.05, 0.1) is 31.9 Å². The van der Waals surface area contributed by atoms with E-state index in [0.29, 0.717) is 22.6 Å². The van der Waals surface area contributed by atoms with Crippen molar-refractivity contribution >= 4 is 22.6 Å². The zero-order chi connectivity index (χ0) is 20.4. The number of benzene rings is 1. The summed E-state index contributed by atoms with van der Waals surface area (Å²) in [7, 11) is 4.25. The number of carbonyl (C=O) groups excluding carboxylic acids is 1. The second kappa shape index (κ2) is 7.47. The Bertz CT molecular complexity index is 1100. The predicted octanol–water partition coefficient (Wildman–Crippen LogP) is 3.32.